The molecule has 0 aliphatic rings. The second-order valence-corrected chi connectivity index (χ2v) is 5.47. The van der Waals surface area contributed by atoms with Gasteiger partial charge in [-0.15, -0.1) is 0 Å². The van der Waals surface area contributed by atoms with Gasteiger partial charge >= 0.3 is 0 Å². The Kier molecular flexibility index (Phi) is 3.78. The number of hydrogen-bond acceptors (Lipinski definition) is 3. The molecule has 0 unspecified atom stereocenters. The molecule has 0 amide bonds. The van der Waals surface area contributed by atoms with Crippen LogP contribution in [0, 0.1) is 6.92 Å². The van der Waals surface area contributed by atoms with E-state index in [4.69, 9.17) is 15.0 Å². The van der Waals surface area contributed by atoms with E-state index in [1.807, 2.05) is 30.3 Å². The highest BCUT2D eigenvalue weighted by atomic mass is 16.5. The quantitative estimate of drug-likeness (QED) is 0.606. The summed E-state index contributed by atoms with van der Waals surface area (Å²) in [5, 5.41) is 0. The molecule has 3 aromatic carbocycles. The van der Waals surface area contributed by atoms with Crippen molar-refractivity contribution in [2.24, 2.45) is 0 Å². The summed E-state index contributed by atoms with van der Waals surface area (Å²) >= 11 is 0. The van der Waals surface area contributed by atoms with Crippen LogP contribution in [-0.2, 0) is 6.61 Å². The van der Waals surface area contributed by atoms with E-state index < -0.39 is 5.78 Å². The monoisotopic (exact) mass is 336 g/mol. The van der Waals surface area contributed by atoms with E-state index in [2.05, 4.69) is 0 Å². The van der Waals surface area contributed by atoms with Crippen molar-refractivity contribution < 1.29 is 19.8 Å². The van der Waals surface area contributed by atoms with Crippen LogP contribution in [0.25, 0.3) is 0 Å². The summed E-state index contributed by atoms with van der Waals surface area (Å²) in [6, 6.07) is 13.1. The van der Waals surface area contributed by atoms with E-state index in [9.17, 15) is 4.79 Å². The molecule has 0 saturated carbocycles. The van der Waals surface area contributed by atoms with Gasteiger partial charge in [0.05, 0.1) is 12.6 Å². The van der Waals surface area contributed by atoms with Crippen molar-refractivity contribution in [3.8, 4) is 11.5 Å². The molecule has 0 heterocycles. The molecule has 3 rings (SSSR count). The number of methoxy groups -OCH3 is 1. The predicted octanol–water partition coefficient (Wildman–Crippen LogP) is 4.81. The van der Waals surface area contributed by atoms with Gasteiger partial charge < -0.3 is 9.47 Å². The summed E-state index contributed by atoms with van der Waals surface area (Å²) in [6.45, 7) is 1.83. The van der Waals surface area contributed by atoms with Gasteiger partial charge in [0.1, 0.15) is 6.61 Å². The summed E-state index contributed by atoms with van der Waals surface area (Å²) in [5.74, 6) is 0.195. The first kappa shape index (κ1) is 12.3. The zero-order valence-electron chi connectivity index (χ0n) is 18.1. The van der Waals surface area contributed by atoms with Crippen LogP contribution < -0.4 is 9.47 Å². The minimum atomic E-state index is -0.602. The van der Waals surface area contributed by atoms with Gasteiger partial charge in [0.15, 0.2) is 17.3 Å². The minimum Gasteiger partial charge on any atom is -0.493 e. The molecule has 0 bridgehead atoms. The third-order valence-corrected chi connectivity index (χ3v) is 3.64. The molecule has 0 fully saturated rings. The number of carbonyl (C=O) groups is 1. The third kappa shape index (κ3) is 4.07. The molecule has 3 heteroatoms. The Labute approximate surface area is 153 Å². The highest BCUT2D eigenvalue weighted by Gasteiger charge is 2.13. The third-order valence-electron chi connectivity index (χ3n) is 3.64. The van der Waals surface area contributed by atoms with Gasteiger partial charge in [-0.25, -0.2) is 0 Å². The maximum atomic E-state index is 13.0. The summed E-state index contributed by atoms with van der Waals surface area (Å²) in [7, 11) is 1.46. The van der Waals surface area contributed by atoms with Gasteiger partial charge in [0, 0.05) is 11.1 Å². The zero-order valence-corrected chi connectivity index (χ0v) is 14.1. The van der Waals surface area contributed by atoms with E-state index in [0.29, 0.717) is 18.1 Å². The molecule has 0 saturated heterocycles. The van der Waals surface area contributed by atoms with Gasteiger partial charge in [-0.3, -0.25) is 4.79 Å². The van der Waals surface area contributed by atoms with Gasteiger partial charge in [0.25, 0.3) is 0 Å². The lowest BCUT2D eigenvalue weighted by Crippen LogP contribution is -2.03. The predicted molar refractivity (Wildman–Crippen MR) is 98.4 cm³/mol. The Balaban J connectivity index is 1.93. The van der Waals surface area contributed by atoms with Crippen LogP contribution in [-0.4, -0.2) is 12.9 Å². The number of carbonyl (C=O) groups excluding carboxylic acids is 1. The Bertz CT molecular complexity index is 1040. The van der Waals surface area contributed by atoms with Crippen LogP contribution in [0.5, 0.6) is 11.5 Å². The molecule has 0 atom stereocenters. The summed E-state index contributed by atoms with van der Waals surface area (Å²) in [4.78, 5) is 13.0. The zero-order chi connectivity index (χ0) is 21.1. The van der Waals surface area contributed by atoms with Crippen molar-refractivity contribution in [1.29, 1.82) is 0 Å². The Hall–Kier alpha value is -3.07. The number of ether oxygens (including phenoxy) is 2. The lowest BCUT2D eigenvalue weighted by molar-refractivity contribution is 0.103. The average Bonchev–Trinajstić information content (AvgIpc) is 2.75. The number of benzene rings is 3. The second-order valence-electron chi connectivity index (χ2n) is 5.47. The topological polar surface area (TPSA) is 35.5 Å². The molecule has 0 aliphatic heterocycles. The van der Waals surface area contributed by atoms with Crippen LogP contribution in [0.15, 0.2) is 72.7 Å². The van der Waals surface area contributed by atoms with Gasteiger partial charge in [0.2, 0.25) is 0 Å². The number of rotatable bonds is 6. The molecule has 3 nitrogen and oxygen atoms in total. The Morgan fingerprint density at radius 2 is 1.68 bits per heavy atom. The van der Waals surface area contributed by atoms with Crippen LogP contribution in [0.2, 0.25) is 0 Å². The van der Waals surface area contributed by atoms with E-state index in [-0.39, 0.29) is 40.9 Å². The Morgan fingerprint density at radius 1 is 0.960 bits per heavy atom. The van der Waals surface area contributed by atoms with Crippen molar-refractivity contribution >= 4 is 5.78 Å². The largest absolute Gasteiger partial charge is 0.493 e. The standard InChI is InChI=1S/C22H20O3/c1-16-8-10-18(11-9-16)22(23)19-12-13-20(21(14-19)24-2)25-15-17-6-4-3-5-7-17/h3-14H,15H2,1-2H3/i8D,9D,10D,11D. The van der Waals surface area contributed by atoms with Gasteiger partial charge in [-0.05, 0) is 30.7 Å². The maximum absolute atomic E-state index is 13.0. The maximum Gasteiger partial charge on any atom is 0.193 e. The van der Waals surface area contributed by atoms with E-state index in [1.165, 1.54) is 26.2 Å². The van der Waals surface area contributed by atoms with E-state index in [1.54, 1.807) is 6.07 Å². The first-order chi connectivity index (χ1) is 13.8. The smallest absolute Gasteiger partial charge is 0.193 e. The molecule has 0 aromatic heterocycles. The number of ketones is 1. The van der Waals surface area contributed by atoms with Gasteiger partial charge in [-0.2, -0.15) is 0 Å². The van der Waals surface area contributed by atoms with Crippen molar-refractivity contribution in [3.05, 3.63) is 95.0 Å². The highest BCUT2D eigenvalue weighted by molar-refractivity contribution is 6.09. The lowest BCUT2D eigenvalue weighted by atomic mass is 10.0. The lowest BCUT2D eigenvalue weighted by Gasteiger charge is -2.12. The Morgan fingerprint density at radius 3 is 2.36 bits per heavy atom. The normalized spacial score (nSPS) is 12.6. The molecular formula is C22H20O3. The minimum absolute atomic E-state index is 0.193. The van der Waals surface area contributed by atoms with Crippen molar-refractivity contribution in [2.45, 2.75) is 13.5 Å². The fourth-order valence-corrected chi connectivity index (χ4v) is 2.30. The first-order valence-electron chi connectivity index (χ1n) is 9.81. The fourth-order valence-electron chi connectivity index (χ4n) is 2.30. The van der Waals surface area contributed by atoms with Crippen LogP contribution in [0.3, 0.4) is 0 Å². The van der Waals surface area contributed by atoms with Crippen LogP contribution in [0.1, 0.15) is 32.5 Å². The van der Waals surface area contributed by atoms with Gasteiger partial charge in [-0.1, -0.05) is 60.1 Å². The van der Waals surface area contributed by atoms with Crippen molar-refractivity contribution in [1.82, 2.24) is 0 Å². The van der Waals surface area contributed by atoms with Crippen molar-refractivity contribution in [2.75, 3.05) is 7.11 Å². The van der Waals surface area contributed by atoms with E-state index >= 15 is 0 Å². The molecule has 0 radical (unpaired) electrons. The summed E-state index contributed by atoms with van der Waals surface area (Å²) < 4.78 is 43.2. The molecule has 126 valence electrons. The molecule has 0 spiro atoms. The number of hydrogen-bond donors (Lipinski definition) is 0. The summed E-state index contributed by atoms with van der Waals surface area (Å²) in [5.41, 5.74) is 1.13. The van der Waals surface area contributed by atoms with Crippen LogP contribution >= 0.6 is 0 Å². The average molecular weight is 336 g/mol. The second kappa shape index (κ2) is 7.67. The molecule has 3 aromatic rings. The highest BCUT2D eigenvalue weighted by Crippen LogP contribution is 2.29. The van der Waals surface area contributed by atoms with E-state index in [0.717, 1.165) is 5.56 Å². The molecule has 0 N–H and O–H groups in total. The summed E-state index contributed by atoms with van der Waals surface area (Å²) in [6.07, 6.45) is 0. The molecular weight excluding hydrogens is 312 g/mol. The first-order valence-corrected chi connectivity index (χ1v) is 7.81. The fraction of sp³-hybridized carbons (Fsp3) is 0.136. The van der Waals surface area contributed by atoms with Crippen molar-refractivity contribution in [3.63, 3.8) is 0 Å². The molecule has 25 heavy (non-hydrogen) atoms. The SMILES string of the molecule is [2H]c1c([2H])c(C(=O)c2ccc(OCc3ccccc3)c(OC)c2)c([2H])c([2H])c1C. The molecule has 0 aliphatic carbocycles. The van der Waals surface area contributed by atoms with Crippen LogP contribution in [0.4, 0.5) is 0 Å².